The van der Waals surface area contributed by atoms with Gasteiger partial charge in [0.25, 0.3) is 0 Å². The fraction of sp³-hybridized carbons (Fsp3) is 0.300. The maximum atomic E-state index is 5.02. The molecule has 2 aromatic rings. The first-order valence-electron chi connectivity index (χ1n) is 4.76. The highest BCUT2D eigenvalue weighted by molar-refractivity contribution is 7.71. The van der Waals surface area contributed by atoms with Crippen molar-refractivity contribution in [3.8, 4) is 0 Å². The predicted molar refractivity (Wildman–Crippen MR) is 60.0 cm³/mol. The SMILES string of the molecule is Cn1[nH]c(CCc2ccncc2)nc1=S. The van der Waals surface area contributed by atoms with Gasteiger partial charge >= 0.3 is 0 Å². The number of hydrogen-bond acceptors (Lipinski definition) is 3. The van der Waals surface area contributed by atoms with Crippen molar-refractivity contribution in [2.75, 3.05) is 0 Å². The van der Waals surface area contributed by atoms with Crippen LogP contribution in [0, 0.1) is 4.77 Å². The Morgan fingerprint density at radius 1 is 1.33 bits per heavy atom. The van der Waals surface area contributed by atoms with Gasteiger partial charge in [0.05, 0.1) is 0 Å². The van der Waals surface area contributed by atoms with Gasteiger partial charge in [-0.15, -0.1) is 0 Å². The summed E-state index contributed by atoms with van der Waals surface area (Å²) in [6.45, 7) is 0. The van der Waals surface area contributed by atoms with E-state index in [0.717, 1.165) is 18.7 Å². The summed E-state index contributed by atoms with van der Waals surface area (Å²) in [5.41, 5.74) is 1.26. The minimum atomic E-state index is 0.597. The van der Waals surface area contributed by atoms with E-state index in [2.05, 4.69) is 15.1 Å². The molecule has 5 heteroatoms. The molecular formula is C10H12N4S. The van der Waals surface area contributed by atoms with Crippen LogP contribution in [0.25, 0.3) is 0 Å². The summed E-state index contributed by atoms with van der Waals surface area (Å²) in [5.74, 6) is 0.930. The molecule has 0 aliphatic rings. The maximum absolute atomic E-state index is 5.02. The van der Waals surface area contributed by atoms with Crippen LogP contribution in [0.2, 0.25) is 0 Å². The van der Waals surface area contributed by atoms with Gasteiger partial charge in [-0.25, -0.2) is 4.98 Å². The molecule has 78 valence electrons. The van der Waals surface area contributed by atoms with Crippen LogP contribution >= 0.6 is 12.2 Å². The summed E-state index contributed by atoms with van der Waals surface area (Å²) in [4.78, 5) is 8.21. The van der Waals surface area contributed by atoms with Crippen molar-refractivity contribution in [3.05, 3.63) is 40.7 Å². The number of aryl methyl sites for hydroxylation is 3. The van der Waals surface area contributed by atoms with E-state index in [-0.39, 0.29) is 0 Å². The molecule has 0 saturated heterocycles. The topological polar surface area (TPSA) is 46.5 Å². The molecule has 0 aliphatic heterocycles. The Labute approximate surface area is 93.0 Å². The molecule has 0 radical (unpaired) electrons. The monoisotopic (exact) mass is 220 g/mol. The van der Waals surface area contributed by atoms with Gasteiger partial charge in [-0.3, -0.25) is 14.8 Å². The molecule has 0 unspecified atom stereocenters. The Kier molecular flexibility index (Phi) is 2.91. The number of H-pyrrole nitrogens is 1. The van der Waals surface area contributed by atoms with Crippen LogP contribution in [0.15, 0.2) is 24.5 Å². The van der Waals surface area contributed by atoms with Crippen molar-refractivity contribution >= 4 is 12.2 Å². The largest absolute Gasteiger partial charge is 0.283 e. The van der Waals surface area contributed by atoms with Crippen molar-refractivity contribution in [3.63, 3.8) is 0 Å². The summed E-state index contributed by atoms with van der Waals surface area (Å²) < 4.78 is 2.34. The molecule has 15 heavy (non-hydrogen) atoms. The molecule has 0 saturated carbocycles. The van der Waals surface area contributed by atoms with Crippen LogP contribution in [-0.4, -0.2) is 19.7 Å². The molecule has 1 N–H and O–H groups in total. The minimum Gasteiger partial charge on any atom is -0.283 e. The second kappa shape index (κ2) is 4.35. The average Bonchev–Trinajstić information content (AvgIpc) is 2.57. The lowest BCUT2D eigenvalue weighted by atomic mass is 10.1. The van der Waals surface area contributed by atoms with Crippen LogP contribution < -0.4 is 0 Å². The van der Waals surface area contributed by atoms with Crippen molar-refractivity contribution in [1.29, 1.82) is 0 Å². The number of hydrogen-bond donors (Lipinski definition) is 1. The van der Waals surface area contributed by atoms with Crippen LogP contribution in [0.5, 0.6) is 0 Å². The number of nitrogens with zero attached hydrogens (tertiary/aromatic N) is 3. The molecule has 2 rings (SSSR count). The number of pyridine rings is 1. The second-order valence-electron chi connectivity index (χ2n) is 3.37. The van der Waals surface area contributed by atoms with Crippen LogP contribution in [0.3, 0.4) is 0 Å². The van der Waals surface area contributed by atoms with Gasteiger partial charge in [0.15, 0.2) is 0 Å². The molecule has 4 nitrogen and oxygen atoms in total. The average molecular weight is 220 g/mol. The van der Waals surface area contributed by atoms with E-state index in [1.165, 1.54) is 5.56 Å². The summed E-state index contributed by atoms with van der Waals surface area (Å²) in [5, 5.41) is 3.10. The number of nitrogens with one attached hydrogen (secondary N) is 1. The Morgan fingerprint density at radius 3 is 2.67 bits per heavy atom. The van der Waals surface area contributed by atoms with Crippen molar-refractivity contribution in [2.45, 2.75) is 12.8 Å². The van der Waals surface area contributed by atoms with Gasteiger partial charge in [0.2, 0.25) is 4.77 Å². The molecule has 0 spiro atoms. The van der Waals surface area contributed by atoms with Crippen LogP contribution in [0.4, 0.5) is 0 Å². The fourth-order valence-electron chi connectivity index (χ4n) is 1.38. The van der Waals surface area contributed by atoms with Gasteiger partial charge in [0.1, 0.15) is 5.82 Å². The summed E-state index contributed by atoms with van der Waals surface area (Å²) in [7, 11) is 1.87. The van der Waals surface area contributed by atoms with Crippen LogP contribution in [-0.2, 0) is 19.9 Å². The molecule has 0 aliphatic carbocycles. The zero-order chi connectivity index (χ0) is 10.7. The molecule has 2 heterocycles. The van der Waals surface area contributed by atoms with Gasteiger partial charge < -0.3 is 0 Å². The van der Waals surface area contributed by atoms with Gasteiger partial charge in [0, 0.05) is 25.9 Å². The highest BCUT2D eigenvalue weighted by Gasteiger charge is 1.99. The molecular weight excluding hydrogens is 208 g/mol. The molecule has 0 bridgehead atoms. The number of aromatic amines is 1. The van der Waals surface area contributed by atoms with E-state index < -0.39 is 0 Å². The van der Waals surface area contributed by atoms with Crippen molar-refractivity contribution in [1.82, 2.24) is 19.7 Å². The summed E-state index contributed by atoms with van der Waals surface area (Å²) in [6.07, 6.45) is 5.42. The summed E-state index contributed by atoms with van der Waals surface area (Å²) >= 11 is 5.02. The third-order valence-electron chi connectivity index (χ3n) is 2.21. The summed E-state index contributed by atoms with van der Waals surface area (Å²) in [6, 6.07) is 4.02. The van der Waals surface area contributed by atoms with Gasteiger partial charge in [-0.2, -0.15) is 0 Å². The van der Waals surface area contributed by atoms with E-state index in [0.29, 0.717) is 4.77 Å². The predicted octanol–water partition coefficient (Wildman–Crippen LogP) is 1.66. The second-order valence-corrected chi connectivity index (χ2v) is 3.73. The smallest absolute Gasteiger partial charge is 0.215 e. The van der Waals surface area contributed by atoms with E-state index in [4.69, 9.17) is 12.2 Å². The van der Waals surface area contributed by atoms with Gasteiger partial charge in [-0.1, -0.05) is 0 Å². The Bertz CT molecular complexity index is 486. The molecule has 2 aromatic heterocycles. The Hall–Kier alpha value is -1.49. The van der Waals surface area contributed by atoms with E-state index in [1.807, 2.05) is 19.2 Å². The zero-order valence-electron chi connectivity index (χ0n) is 8.47. The maximum Gasteiger partial charge on any atom is 0.215 e. The normalized spacial score (nSPS) is 10.5. The third kappa shape index (κ3) is 2.50. The highest BCUT2D eigenvalue weighted by Crippen LogP contribution is 2.02. The lowest BCUT2D eigenvalue weighted by Gasteiger charge is -1.97. The third-order valence-corrected chi connectivity index (χ3v) is 2.58. The molecule has 0 amide bonds. The van der Waals surface area contributed by atoms with Gasteiger partial charge in [-0.05, 0) is 36.3 Å². The Morgan fingerprint density at radius 2 is 2.07 bits per heavy atom. The zero-order valence-corrected chi connectivity index (χ0v) is 9.29. The first-order valence-corrected chi connectivity index (χ1v) is 5.17. The van der Waals surface area contributed by atoms with E-state index >= 15 is 0 Å². The van der Waals surface area contributed by atoms with Crippen molar-refractivity contribution in [2.24, 2.45) is 7.05 Å². The highest BCUT2D eigenvalue weighted by atomic mass is 32.1. The number of aromatic nitrogens is 4. The van der Waals surface area contributed by atoms with Crippen LogP contribution in [0.1, 0.15) is 11.4 Å². The first kappa shape index (κ1) is 10.0. The molecule has 0 aromatic carbocycles. The standard InChI is InChI=1S/C10H12N4S/c1-14-10(15)12-9(13-14)3-2-8-4-6-11-7-5-8/h4-7H,2-3H2,1H3,(H,12,13,15). The number of rotatable bonds is 3. The molecule has 0 atom stereocenters. The van der Waals surface area contributed by atoms with E-state index in [9.17, 15) is 0 Å². The molecule has 0 fully saturated rings. The minimum absolute atomic E-state index is 0.597. The Balaban J connectivity index is 2.02. The lowest BCUT2D eigenvalue weighted by molar-refractivity contribution is 0.729. The lowest BCUT2D eigenvalue weighted by Crippen LogP contribution is -1.95. The fourth-order valence-corrected chi connectivity index (χ4v) is 1.54. The first-order chi connectivity index (χ1) is 7.25. The van der Waals surface area contributed by atoms with Crippen molar-refractivity contribution < 1.29 is 0 Å². The van der Waals surface area contributed by atoms with E-state index in [1.54, 1.807) is 17.1 Å². The quantitative estimate of drug-likeness (QED) is 0.800.